The molecule has 148 valence electrons. The van der Waals surface area contributed by atoms with Gasteiger partial charge >= 0.3 is 0 Å². The van der Waals surface area contributed by atoms with Crippen LogP contribution in [-0.2, 0) is 17.8 Å². The molecule has 2 aromatic heterocycles. The molecule has 1 N–H and O–H groups in total. The summed E-state index contributed by atoms with van der Waals surface area (Å²) in [5.41, 5.74) is 2.13. The molecule has 7 nitrogen and oxygen atoms in total. The van der Waals surface area contributed by atoms with Gasteiger partial charge in [-0.3, -0.25) is 19.0 Å². The number of hydrogen-bond acceptors (Lipinski definition) is 5. The standard InChI is InChI=1S/C20H17FN4O3S/c1-12(26)23-20-22-9-17(29-20)19(28)24-7-6-13-8-18(27)25(11-14(13)10-24)16-4-2-15(21)3-5-16/h2-5,8-9,11H,6-7,10H2,1H3,(H,22,23,26). The van der Waals surface area contributed by atoms with E-state index in [4.69, 9.17) is 0 Å². The minimum atomic E-state index is -0.375. The minimum absolute atomic E-state index is 0.177. The van der Waals surface area contributed by atoms with Crippen molar-refractivity contribution in [3.05, 3.63) is 74.9 Å². The summed E-state index contributed by atoms with van der Waals surface area (Å²) in [5.74, 6) is -0.798. The average Bonchev–Trinajstić information content (AvgIpc) is 3.15. The summed E-state index contributed by atoms with van der Waals surface area (Å²) in [4.78, 5) is 42.6. The smallest absolute Gasteiger partial charge is 0.265 e. The Morgan fingerprint density at radius 2 is 1.97 bits per heavy atom. The normalized spacial score (nSPS) is 13.1. The van der Waals surface area contributed by atoms with Crippen LogP contribution in [0.5, 0.6) is 0 Å². The van der Waals surface area contributed by atoms with Gasteiger partial charge in [0.15, 0.2) is 5.13 Å². The van der Waals surface area contributed by atoms with Gasteiger partial charge in [0.2, 0.25) is 5.91 Å². The molecule has 0 saturated carbocycles. The highest BCUT2D eigenvalue weighted by Crippen LogP contribution is 2.24. The maximum Gasteiger partial charge on any atom is 0.265 e. The number of rotatable bonds is 3. The molecule has 0 unspecified atom stereocenters. The number of aromatic nitrogens is 2. The van der Waals surface area contributed by atoms with E-state index >= 15 is 0 Å². The lowest BCUT2D eigenvalue weighted by Crippen LogP contribution is -2.37. The van der Waals surface area contributed by atoms with Gasteiger partial charge in [0.1, 0.15) is 10.7 Å². The summed E-state index contributed by atoms with van der Waals surface area (Å²) < 4.78 is 14.6. The molecule has 1 aliphatic heterocycles. The molecule has 3 heterocycles. The SMILES string of the molecule is CC(=O)Nc1ncc(C(=O)N2CCc3cc(=O)n(-c4ccc(F)cc4)cc3C2)s1. The fourth-order valence-electron chi connectivity index (χ4n) is 3.24. The highest BCUT2D eigenvalue weighted by Gasteiger charge is 2.24. The van der Waals surface area contributed by atoms with Gasteiger partial charge in [-0.15, -0.1) is 0 Å². The van der Waals surface area contributed by atoms with E-state index < -0.39 is 0 Å². The second-order valence-corrected chi connectivity index (χ2v) is 7.73. The first-order valence-electron chi connectivity index (χ1n) is 8.94. The zero-order valence-corrected chi connectivity index (χ0v) is 16.3. The molecule has 0 bridgehead atoms. The largest absolute Gasteiger partial charge is 0.333 e. The van der Waals surface area contributed by atoms with Crippen LogP contribution < -0.4 is 10.9 Å². The second-order valence-electron chi connectivity index (χ2n) is 6.70. The number of benzene rings is 1. The number of halogens is 1. The number of carbonyl (C=O) groups excluding carboxylic acids is 2. The Bertz CT molecular complexity index is 1150. The number of carbonyl (C=O) groups is 2. The number of anilines is 1. The molecule has 4 rings (SSSR count). The Kier molecular flexibility index (Phi) is 4.98. The first-order valence-corrected chi connectivity index (χ1v) is 9.75. The van der Waals surface area contributed by atoms with Crippen molar-refractivity contribution in [1.82, 2.24) is 14.5 Å². The number of thiazole rings is 1. The van der Waals surface area contributed by atoms with E-state index in [-0.39, 0.29) is 23.2 Å². The lowest BCUT2D eigenvalue weighted by Gasteiger charge is -2.28. The third-order valence-corrected chi connectivity index (χ3v) is 5.54. The minimum Gasteiger partial charge on any atom is -0.333 e. The van der Waals surface area contributed by atoms with Gasteiger partial charge in [-0.2, -0.15) is 0 Å². The van der Waals surface area contributed by atoms with Gasteiger partial charge in [-0.1, -0.05) is 11.3 Å². The van der Waals surface area contributed by atoms with Crippen molar-refractivity contribution in [1.29, 1.82) is 0 Å². The first-order chi connectivity index (χ1) is 13.9. The van der Waals surface area contributed by atoms with Gasteiger partial charge in [0.25, 0.3) is 11.5 Å². The fraction of sp³-hybridized carbons (Fsp3) is 0.200. The summed E-state index contributed by atoms with van der Waals surface area (Å²) in [6.45, 7) is 2.22. The zero-order valence-electron chi connectivity index (χ0n) is 15.5. The Hall–Kier alpha value is -3.33. The predicted molar refractivity (Wildman–Crippen MR) is 107 cm³/mol. The summed E-state index contributed by atoms with van der Waals surface area (Å²) in [5, 5.41) is 2.95. The Morgan fingerprint density at radius 1 is 1.21 bits per heavy atom. The predicted octanol–water partition coefficient (Wildman–Crippen LogP) is 2.59. The van der Waals surface area contributed by atoms with Gasteiger partial charge in [-0.25, -0.2) is 9.37 Å². The molecular formula is C20H17FN4O3S. The number of fused-ring (bicyclic) bond motifs is 1. The van der Waals surface area contributed by atoms with E-state index in [1.807, 2.05) is 0 Å². The van der Waals surface area contributed by atoms with Crippen molar-refractivity contribution in [3.8, 4) is 5.69 Å². The van der Waals surface area contributed by atoms with E-state index in [1.54, 1.807) is 17.2 Å². The Labute approximate surface area is 169 Å². The Balaban J connectivity index is 1.59. The van der Waals surface area contributed by atoms with Crippen LogP contribution in [0.15, 0.2) is 47.5 Å². The third kappa shape index (κ3) is 3.95. The maximum atomic E-state index is 13.2. The van der Waals surface area contributed by atoms with E-state index in [0.717, 1.165) is 22.5 Å². The quantitative estimate of drug-likeness (QED) is 0.717. The van der Waals surface area contributed by atoms with Gasteiger partial charge in [0, 0.05) is 38.0 Å². The van der Waals surface area contributed by atoms with Crippen molar-refractivity contribution in [3.63, 3.8) is 0 Å². The molecular weight excluding hydrogens is 395 g/mol. The fourth-order valence-corrected chi connectivity index (χ4v) is 4.07. The van der Waals surface area contributed by atoms with E-state index in [9.17, 15) is 18.8 Å². The number of nitrogens with zero attached hydrogens (tertiary/aromatic N) is 3. The number of hydrogen-bond donors (Lipinski definition) is 1. The molecule has 0 fully saturated rings. The van der Waals surface area contributed by atoms with Gasteiger partial charge < -0.3 is 10.2 Å². The third-order valence-electron chi connectivity index (χ3n) is 4.64. The second kappa shape index (κ2) is 7.59. The van der Waals surface area contributed by atoms with Crippen LogP contribution in [0.1, 0.15) is 27.7 Å². The molecule has 29 heavy (non-hydrogen) atoms. The van der Waals surface area contributed by atoms with Crippen LogP contribution in [0.3, 0.4) is 0 Å². The number of nitrogens with one attached hydrogen (secondary N) is 1. The summed E-state index contributed by atoms with van der Waals surface area (Å²) in [7, 11) is 0. The average molecular weight is 412 g/mol. The first kappa shape index (κ1) is 19.0. The molecule has 0 radical (unpaired) electrons. The lowest BCUT2D eigenvalue weighted by molar-refractivity contribution is -0.114. The van der Waals surface area contributed by atoms with Crippen molar-refractivity contribution in [2.75, 3.05) is 11.9 Å². The van der Waals surface area contributed by atoms with Gasteiger partial charge in [0.05, 0.1) is 6.20 Å². The monoisotopic (exact) mass is 412 g/mol. The molecule has 1 aromatic carbocycles. The summed E-state index contributed by atoms with van der Waals surface area (Å²) in [6, 6.07) is 7.24. The highest BCUT2D eigenvalue weighted by molar-refractivity contribution is 7.17. The molecule has 0 atom stereocenters. The van der Waals surface area contributed by atoms with Crippen molar-refractivity contribution in [2.24, 2.45) is 0 Å². The van der Waals surface area contributed by atoms with Crippen LogP contribution in [-0.4, -0.2) is 32.8 Å². The van der Waals surface area contributed by atoms with Crippen molar-refractivity contribution < 1.29 is 14.0 Å². The van der Waals surface area contributed by atoms with Crippen LogP contribution in [0.2, 0.25) is 0 Å². The maximum absolute atomic E-state index is 13.2. The molecule has 0 saturated heterocycles. The number of pyridine rings is 1. The topological polar surface area (TPSA) is 84.3 Å². The van der Waals surface area contributed by atoms with Crippen LogP contribution >= 0.6 is 11.3 Å². The molecule has 0 spiro atoms. The van der Waals surface area contributed by atoms with Crippen LogP contribution in [0, 0.1) is 5.82 Å². The molecule has 3 aromatic rings. The van der Waals surface area contributed by atoms with Crippen molar-refractivity contribution >= 4 is 28.3 Å². The number of amides is 2. The summed E-state index contributed by atoms with van der Waals surface area (Å²) in [6.07, 6.45) is 3.73. The van der Waals surface area contributed by atoms with E-state index in [0.29, 0.717) is 35.2 Å². The molecule has 9 heteroatoms. The van der Waals surface area contributed by atoms with Crippen LogP contribution in [0.4, 0.5) is 9.52 Å². The highest BCUT2D eigenvalue weighted by atomic mass is 32.1. The van der Waals surface area contributed by atoms with Gasteiger partial charge in [-0.05, 0) is 41.8 Å². The summed E-state index contributed by atoms with van der Waals surface area (Å²) >= 11 is 1.12. The van der Waals surface area contributed by atoms with Crippen LogP contribution in [0.25, 0.3) is 5.69 Å². The molecule has 2 amide bonds. The lowest BCUT2D eigenvalue weighted by atomic mass is 10.0. The Morgan fingerprint density at radius 3 is 2.69 bits per heavy atom. The van der Waals surface area contributed by atoms with E-state index in [1.165, 1.54) is 42.0 Å². The van der Waals surface area contributed by atoms with E-state index in [2.05, 4.69) is 10.3 Å². The van der Waals surface area contributed by atoms with Crippen molar-refractivity contribution in [2.45, 2.75) is 19.9 Å². The molecule has 0 aliphatic carbocycles. The molecule has 1 aliphatic rings. The zero-order chi connectivity index (χ0) is 20.5.